The minimum absolute atomic E-state index is 0.550. The van der Waals surface area contributed by atoms with E-state index >= 15 is 0 Å². The summed E-state index contributed by atoms with van der Waals surface area (Å²) < 4.78 is 12.4. The van der Waals surface area contributed by atoms with E-state index in [4.69, 9.17) is 9.47 Å². The van der Waals surface area contributed by atoms with E-state index < -0.39 is 0 Å². The molecule has 0 saturated heterocycles. The summed E-state index contributed by atoms with van der Waals surface area (Å²) in [5.41, 5.74) is 1.18. The van der Waals surface area contributed by atoms with Crippen molar-refractivity contribution in [1.29, 1.82) is 0 Å². The van der Waals surface area contributed by atoms with Crippen molar-refractivity contribution < 1.29 is 9.47 Å². The van der Waals surface area contributed by atoms with E-state index in [0.717, 1.165) is 10.2 Å². The zero-order valence-corrected chi connectivity index (χ0v) is 13.8. The summed E-state index contributed by atoms with van der Waals surface area (Å²) in [7, 11) is 0. The molecule has 0 unspecified atom stereocenters. The van der Waals surface area contributed by atoms with Gasteiger partial charge in [-0.1, -0.05) is 58.4 Å². The van der Waals surface area contributed by atoms with Crippen molar-refractivity contribution >= 4 is 26.7 Å². The maximum atomic E-state index is 5.75. The van der Waals surface area contributed by atoms with Gasteiger partial charge in [-0.2, -0.15) is 0 Å². The maximum Gasteiger partial charge on any atom is 0.120 e. The summed E-state index contributed by atoms with van der Waals surface area (Å²) in [6.45, 7) is 1.75. The van der Waals surface area contributed by atoms with Gasteiger partial charge in [-0.05, 0) is 40.6 Å². The molecule has 3 aromatic carbocycles. The lowest BCUT2D eigenvalue weighted by Crippen LogP contribution is -2.06. The summed E-state index contributed by atoms with van der Waals surface area (Å²) in [5.74, 6) is 0.873. The minimum Gasteiger partial charge on any atom is -0.491 e. The molecule has 0 bridgehead atoms. The molecule has 0 aliphatic heterocycles. The molecule has 112 valence electrons. The zero-order chi connectivity index (χ0) is 15.2. The number of rotatable bonds is 6. The number of fused-ring (bicyclic) bond motifs is 1. The van der Waals surface area contributed by atoms with Crippen LogP contribution in [0.5, 0.6) is 5.75 Å². The number of hydrogen-bond acceptors (Lipinski definition) is 2. The Hall–Kier alpha value is -1.84. The molecule has 3 heteroatoms. The summed E-state index contributed by atoms with van der Waals surface area (Å²) in [6.07, 6.45) is 0. The van der Waals surface area contributed by atoms with Crippen molar-refractivity contribution in [3.05, 3.63) is 76.8 Å². The number of benzene rings is 3. The Kier molecular flexibility index (Phi) is 5.09. The molecule has 0 atom stereocenters. The lowest BCUT2D eigenvalue weighted by Gasteiger charge is -2.08. The summed E-state index contributed by atoms with van der Waals surface area (Å²) in [5, 5.41) is 2.37. The van der Waals surface area contributed by atoms with Gasteiger partial charge >= 0.3 is 0 Å². The SMILES string of the molecule is Brc1ccc2cc(OCCOCc3ccccc3)ccc2c1. The van der Waals surface area contributed by atoms with Crippen molar-refractivity contribution in [1.82, 2.24) is 0 Å². The second kappa shape index (κ2) is 7.43. The van der Waals surface area contributed by atoms with E-state index in [9.17, 15) is 0 Å². The molecule has 0 N–H and O–H groups in total. The molecule has 3 aromatic rings. The van der Waals surface area contributed by atoms with Crippen LogP contribution in [0.4, 0.5) is 0 Å². The molecular formula is C19H17BrO2. The van der Waals surface area contributed by atoms with Gasteiger partial charge in [-0.15, -0.1) is 0 Å². The predicted molar refractivity (Wildman–Crippen MR) is 93.2 cm³/mol. The monoisotopic (exact) mass is 356 g/mol. The van der Waals surface area contributed by atoms with Crippen LogP contribution in [0.1, 0.15) is 5.56 Å². The van der Waals surface area contributed by atoms with Gasteiger partial charge in [0.2, 0.25) is 0 Å². The van der Waals surface area contributed by atoms with E-state index in [1.807, 2.05) is 30.3 Å². The second-order valence-electron chi connectivity index (χ2n) is 5.04. The van der Waals surface area contributed by atoms with Crippen LogP contribution in [-0.4, -0.2) is 13.2 Å². The van der Waals surface area contributed by atoms with Gasteiger partial charge in [-0.3, -0.25) is 0 Å². The van der Waals surface area contributed by atoms with Gasteiger partial charge in [0.15, 0.2) is 0 Å². The van der Waals surface area contributed by atoms with E-state index in [-0.39, 0.29) is 0 Å². The van der Waals surface area contributed by atoms with Crippen LogP contribution >= 0.6 is 15.9 Å². The quantitative estimate of drug-likeness (QED) is 0.565. The average molecular weight is 357 g/mol. The minimum atomic E-state index is 0.550. The zero-order valence-electron chi connectivity index (χ0n) is 12.2. The molecule has 0 spiro atoms. The first kappa shape index (κ1) is 15.1. The van der Waals surface area contributed by atoms with Gasteiger partial charge in [0.1, 0.15) is 12.4 Å². The Bertz CT molecular complexity index is 741. The first-order chi connectivity index (χ1) is 10.8. The topological polar surface area (TPSA) is 18.5 Å². The Balaban J connectivity index is 1.48. The summed E-state index contributed by atoms with van der Waals surface area (Å²) >= 11 is 3.48. The molecule has 0 saturated carbocycles. The highest BCUT2D eigenvalue weighted by atomic mass is 79.9. The standard InChI is InChI=1S/C19H17BrO2/c20-18-8-6-17-13-19(9-7-16(17)12-18)22-11-10-21-14-15-4-2-1-3-5-15/h1-9,12-13H,10-11,14H2. The molecule has 22 heavy (non-hydrogen) atoms. The maximum absolute atomic E-state index is 5.75. The van der Waals surface area contributed by atoms with Gasteiger partial charge in [0.25, 0.3) is 0 Å². The molecule has 0 fully saturated rings. The third kappa shape index (κ3) is 4.09. The van der Waals surface area contributed by atoms with Crippen LogP contribution in [0, 0.1) is 0 Å². The second-order valence-corrected chi connectivity index (χ2v) is 5.96. The van der Waals surface area contributed by atoms with E-state index in [1.165, 1.54) is 16.3 Å². The van der Waals surface area contributed by atoms with Crippen LogP contribution in [-0.2, 0) is 11.3 Å². The van der Waals surface area contributed by atoms with Crippen LogP contribution in [0.25, 0.3) is 10.8 Å². The molecule has 3 rings (SSSR count). The Morgan fingerprint density at radius 2 is 1.55 bits per heavy atom. The lowest BCUT2D eigenvalue weighted by atomic mass is 10.1. The van der Waals surface area contributed by atoms with Crippen LogP contribution < -0.4 is 4.74 Å². The number of ether oxygens (including phenoxy) is 2. The Morgan fingerprint density at radius 1 is 0.773 bits per heavy atom. The third-order valence-corrected chi connectivity index (χ3v) is 3.87. The normalized spacial score (nSPS) is 10.8. The molecule has 0 amide bonds. The molecule has 0 aliphatic carbocycles. The fraction of sp³-hybridized carbons (Fsp3) is 0.158. The first-order valence-electron chi connectivity index (χ1n) is 7.25. The number of hydrogen-bond donors (Lipinski definition) is 0. The van der Waals surface area contributed by atoms with Crippen molar-refractivity contribution in [3.8, 4) is 5.75 Å². The molecule has 0 aromatic heterocycles. The van der Waals surface area contributed by atoms with Crippen molar-refractivity contribution in [2.45, 2.75) is 6.61 Å². The summed E-state index contributed by atoms with van der Waals surface area (Å²) in [4.78, 5) is 0. The molecule has 0 radical (unpaired) electrons. The van der Waals surface area contributed by atoms with E-state index in [2.05, 4.69) is 52.3 Å². The Labute approximate surface area is 138 Å². The molecule has 0 aliphatic rings. The summed E-state index contributed by atoms with van der Waals surface area (Å²) in [6, 6.07) is 22.5. The van der Waals surface area contributed by atoms with Crippen LogP contribution in [0.15, 0.2) is 71.2 Å². The predicted octanol–water partition coefficient (Wildman–Crippen LogP) is 5.20. The van der Waals surface area contributed by atoms with E-state index in [0.29, 0.717) is 19.8 Å². The highest BCUT2D eigenvalue weighted by Gasteiger charge is 1.99. The fourth-order valence-corrected chi connectivity index (χ4v) is 2.65. The van der Waals surface area contributed by atoms with Crippen molar-refractivity contribution in [2.24, 2.45) is 0 Å². The van der Waals surface area contributed by atoms with Gasteiger partial charge < -0.3 is 9.47 Å². The van der Waals surface area contributed by atoms with Gasteiger partial charge in [-0.25, -0.2) is 0 Å². The largest absolute Gasteiger partial charge is 0.491 e. The third-order valence-electron chi connectivity index (χ3n) is 3.38. The smallest absolute Gasteiger partial charge is 0.120 e. The lowest BCUT2D eigenvalue weighted by molar-refractivity contribution is 0.0890. The molecular weight excluding hydrogens is 340 g/mol. The fourth-order valence-electron chi connectivity index (χ4n) is 2.27. The highest BCUT2D eigenvalue weighted by molar-refractivity contribution is 9.10. The van der Waals surface area contributed by atoms with Crippen LogP contribution in [0.2, 0.25) is 0 Å². The van der Waals surface area contributed by atoms with Gasteiger partial charge in [0, 0.05) is 4.47 Å². The van der Waals surface area contributed by atoms with Gasteiger partial charge in [0.05, 0.1) is 13.2 Å². The first-order valence-corrected chi connectivity index (χ1v) is 8.04. The Morgan fingerprint density at radius 3 is 2.41 bits per heavy atom. The van der Waals surface area contributed by atoms with E-state index in [1.54, 1.807) is 0 Å². The van der Waals surface area contributed by atoms with Crippen molar-refractivity contribution in [3.63, 3.8) is 0 Å². The van der Waals surface area contributed by atoms with Crippen molar-refractivity contribution in [2.75, 3.05) is 13.2 Å². The molecule has 0 heterocycles. The van der Waals surface area contributed by atoms with Crippen LogP contribution in [0.3, 0.4) is 0 Å². The number of halogens is 1. The molecule has 2 nitrogen and oxygen atoms in total. The highest BCUT2D eigenvalue weighted by Crippen LogP contribution is 2.24. The average Bonchev–Trinajstić information content (AvgIpc) is 2.55.